The molecule has 9 heteroatoms. The number of hydrogen-bond acceptors (Lipinski definition) is 6. The number of hydrogen-bond donors (Lipinski definition) is 2. The van der Waals surface area contributed by atoms with Gasteiger partial charge in [-0.2, -0.15) is 0 Å². The lowest BCUT2D eigenvalue weighted by Crippen LogP contribution is -2.26. The summed E-state index contributed by atoms with van der Waals surface area (Å²) in [5.74, 6) is -1.14. The van der Waals surface area contributed by atoms with Crippen LogP contribution in [-0.4, -0.2) is 24.5 Å². The lowest BCUT2D eigenvalue weighted by Gasteiger charge is -2.10. The average Bonchev–Trinajstić information content (AvgIpc) is 3.00. The van der Waals surface area contributed by atoms with E-state index >= 15 is 0 Å². The monoisotopic (exact) mass is 318 g/mol. The minimum Gasteiger partial charge on any atom is -0.477 e. The number of carboxylic acids is 1. The van der Waals surface area contributed by atoms with Crippen molar-refractivity contribution >= 4 is 38.7 Å². The van der Waals surface area contributed by atoms with E-state index in [1.165, 1.54) is 23.5 Å². The molecule has 0 saturated carbocycles. The smallest absolute Gasteiger partial charge is 0.345 e. The third kappa shape index (κ3) is 3.18. The lowest BCUT2D eigenvalue weighted by molar-refractivity contribution is 0.0702. The fourth-order valence-corrected chi connectivity index (χ4v) is 4.46. The van der Waals surface area contributed by atoms with E-state index in [0.29, 0.717) is 5.01 Å². The van der Waals surface area contributed by atoms with Crippen molar-refractivity contribution in [2.45, 2.75) is 17.2 Å². The zero-order chi connectivity index (χ0) is 14.0. The van der Waals surface area contributed by atoms with Gasteiger partial charge in [-0.15, -0.1) is 22.7 Å². The molecular weight excluding hydrogens is 308 g/mol. The van der Waals surface area contributed by atoms with E-state index in [9.17, 15) is 13.2 Å². The summed E-state index contributed by atoms with van der Waals surface area (Å²) in [5.41, 5.74) is 0. The Hall–Kier alpha value is -1.29. The number of nitrogens with one attached hydrogen (secondary N) is 1. The van der Waals surface area contributed by atoms with Gasteiger partial charge in [-0.05, 0) is 19.1 Å². The molecule has 1 unspecified atom stereocenters. The molecule has 1 atom stereocenters. The van der Waals surface area contributed by atoms with Crippen molar-refractivity contribution in [3.8, 4) is 0 Å². The van der Waals surface area contributed by atoms with Gasteiger partial charge < -0.3 is 5.11 Å². The van der Waals surface area contributed by atoms with E-state index in [1.54, 1.807) is 18.5 Å². The van der Waals surface area contributed by atoms with Gasteiger partial charge in [-0.25, -0.2) is 22.9 Å². The van der Waals surface area contributed by atoms with E-state index < -0.39 is 22.0 Å². The summed E-state index contributed by atoms with van der Waals surface area (Å²) in [5, 5.41) is 11.2. The number of aromatic nitrogens is 1. The quantitative estimate of drug-likeness (QED) is 0.878. The second-order valence-electron chi connectivity index (χ2n) is 3.64. The topological polar surface area (TPSA) is 96.4 Å². The van der Waals surface area contributed by atoms with Crippen molar-refractivity contribution in [2.75, 3.05) is 0 Å². The fraction of sp³-hybridized carbons (Fsp3) is 0.200. The van der Waals surface area contributed by atoms with Crippen LogP contribution in [0.15, 0.2) is 27.9 Å². The summed E-state index contributed by atoms with van der Waals surface area (Å²) >= 11 is 2.07. The summed E-state index contributed by atoms with van der Waals surface area (Å²) < 4.78 is 26.6. The maximum absolute atomic E-state index is 12.1. The molecule has 0 aliphatic rings. The van der Waals surface area contributed by atoms with Crippen LogP contribution >= 0.6 is 22.7 Å². The van der Waals surface area contributed by atoms with Gasteiger partial charge in [0.1, 0.15) is 14.1 Å². The van der Waals surface area contributed by atoms with Crippen LogP contribution in [0.1, 0.15) is 27.6 Å². The molecule has 102 valence electrons. The summed E-state index contributed by atoms with van der Waals surface area (Å²) in [6.45, 7) is 1.68. The van der Waals surface area contributed by atoms with Crippen LogP contribution in [0.5, 0.6) is 0 Å². The second-order valence-corrected chi connectivity index (χ2v) is 7.59. The van der Waals surface area contributed by atoms with Gasteiger partial charge in [-0.3, -0.25) is 0 Å². The highest BCUT2D eigenvalue weighted by Crippen LogP contribution is 2.24. The van der Waals surface area contributed by atoms with Gasteiger partial charge in [0.15, 0.2) is 0 Å². The molecule has 2 N–H and O–H groups in total. The molecule has 6 nitrogen and oxygen atoms in total. The van der Waals surface area contributed by atoms with Crippen LogP contribution in [0.25, 0.3) is 0 Å². The summed E-state index contributed by atoms with van der Waals surface area (Å²) in [6, 6.07) is 2.10. The Morgan fingerprint density at radius 1 is 1.47 bits per heavy atom. The van der Waals surface area contributed by atoms with E-state index in [0.717, 1.165) is 11.3 Å². The highest BCUT2D eigenvalue weighted by atomic mass is 32.2. The van der Waals surface area contributed by atoms with Gasteiger partial charge in [0.05, 0.1) is 6.04 Å². The molecular formula is C10H10N2O4S3. The predicted molar refractivity (Wildman–Crippen MR) is 72.1 cm³/mol. The van der Waals surface area contributed by atoms with Crippen molar-refractivity contribution in [1.29, 1.82) is 0 Å². The second kappa shape index (κ2) is 5.37. The third-order valence-corrected chi connectivity index (χ3v) is 6.27. The number of nitrogens with zero attached hydrogens (tertiary/aromatic N) is 1. The molecule has 0 aromatic carbocycles. The normalized spacial score (nSPS) is 13.3. The molecule has 0 aliphatic heterocycles. The summed E-state index contributed by atoms with van der Waals surface area (Å²) in [6.07, 6.45) is 1.60. The number of thiophene rings is 1. The van der Waals surface area contributed by atoms with Crippen LogP contribution in [0, 0.1) is 0 Å². The minimum atomic E-state index is -3.73. The number of aromatic carboxylic acids is 1. The van der Waals surface area contributed by atoms with Crippen LogP contribution in [0.4, 0.5) is 0 Å². The number of carbonyl (C=O) groups is 1. The van der Waals surface area contributed by atoms with Crippen molar-refractivity contribution < 1.29 is 18.3 Å². The van der Waals surface area contributed by atoms with Crippen molar-refractivity contribution in [3.63, 3.8) is 0 Å². The molecule has 2 aromatic rings. The molecule has 0 radical (unpaired) electrons. The molecule has 2 heterocycles. The third-order valence-electron chi connectivity index (χ3n) is 2.21. The molecule has 19 heavy (non-hydrogen) atoms. The van der Waals surface area contributed by atoms with Crippen LogP contribution in [0.3, 0.4) is 0 Å². The first-order chi connectivity index (χ1) is 8.90. The first-order valence-electron chi connectivity index (χ1n) is 5.15. The number of thiazole rings is 1. The standard InChI is InChI=1S/C10H10N2O4S3/c1-6(9-11-4-5-17-9)12-19(15,16)8-3-2-7(18-8)10(13)14/h2-6,12H,1H3,(H,13,14). The van der Waals surface area contributed by atoms with Crippen LogP contribution < -0.4 is 4.72 Å². The largest absolute Gasteiger partial charge is 0.477 e. The fourth-order valence-electron chi connectivity index (χ4n) is 1.37. The van der Waals surface area contributed by atoms with Crippen molar-refractivity contribution in [2.24, 2.45) is 0 Å². The number of carboxylic acid groups (broad SMARTS) is 1. The molecule has 0 fully saturated rings. The lowest BCUT2D eigenvalue weighted by atomic mass is 10.4. The first kappa shape index (κ1) is 14.1. The molecule has 0 bridgehead atoms. The predicted octanol–water partition coefficient (Wildman–Crippen LogP) is 1.94. The van der Waals surface area contributed by atoms with Crippen molar-refractivity contribution in [1.82, 2.24) is 9.71 Å². The number of sulfonamides is 1. The van der Waals surface area contributed by atoms with Crippen LogP contribution in [-0.2, 0) is 10.0 Å². The Bertz CT molecular complexity index is 675. The maximum atomic E-state index is 12.1. The van der Waals surface area contributed by atoms with Crippen LogP contribution in [0.2, 0.25) is 0 Å². The number of rotatable bonds is 5. The van der Waals surface area contributed by atoms with E-state index in [1.807, 2.05) is 0 Å². The highest BCUT2D eigenvalue weighted by molar-refractivity contribution is 7.91. The molecule has 0 spiro atoms. The van der Waals surface area contributed by atoms with Gasteiger partial charge in [0.2, 0.25) is 0 Å². The Kier molecular flexibility index (Phi) is 3.99. The Morgan fingerprint density at radius 2 is 2.21 bits per heavy atom. The molecule has 2 aromatic heterocycles. The maximum Gasteiger partial charge on any atom is 0.345 e. The molecule has 2 rings (SSSR count). The van der Waals surface area contributed by atoms with E-state index in [-0.39, 0.29) is 9.09 Å². The SMILES string of the molecule is CC(NS(=O)(=O)c1ccc(C(=O)O)s1)c1nccs1. The van der Waals surface area contributed by atoms with E-state index in [2.05, 4.69) is 9.71 Å². The zero-order valence-electron chi connectivity index (χ0n) is 9.73. The highest BCUT2D eigenvalue weighted by Gasteiger charge is 2.22. The molecule has 0 saturated heterocycles. The van der Waals surface area contributed by atoms with Gasteiger partial charge in [0.25, 0.3) is 10.0 Å². The van der Waals surface area contributed by atoms with Gasteiger partial charge in [-0.1, -0.05) is 0 Å². The zero-order valence-corrected chi connectivity index (χ0v) is 12.2. The first-order valence-corrected chi connectivity index (χ1v) is 8.33. The van der Waals surface area contributed by atoms with E-state index in [4.69, 9.17) is 5.11 Å². The Labute approximate surface area is 117 Å². The summed E-state index contributed by atoms with van der Waals surface area (Å²) in [4.78, 5) is 14.8. The Balaban J connectivity index is 2.20. The van der Waals surface area contributed by atoms with Gasteiger partial charge >= 0.3 is 5.97 Å². The van der Waals surface area contributed by atoms with Gasteiger partial charge in [0, 0.05) is 11.6 Å². The molecule has 0 amide bonds. The van der Waals surface area contributed by atoms with Crippen molar-refractivity contribution in [3.05, 3.63) is 33.6 Å². The molecule has 0 aliphatic carbocycles. The summed E-state index contributed by atoms with van der Waals surface area (Å²) in [7, 11) is -3.73. The minimum absolute atomic E-state index is 0.0118. The Morgan fingerprint density at radius 3 is 2.74 bits per heavy atom. The average molecular weight is 318 g/mol.